The van der Waals surface area contributed by atoms with Gasteiger partial charge in [-0.2, -0.15) is 0 Å². The predicted octanol–water partition coefficient (Wildman–Crippen LogP) is 1.66. The molecule has 0 bridgehead atoms. The largest absolute Gasteiger partial charge is 0.356 e. The lowest BCUT2D eigenvalue weighted by Crippen LogP contribution is -2.39. The second-order valence-corrected chi connectivity index (χ2v) is 7.82. The number of carbonyl (C=O) groups is 1. The number of nitrogens with zero attached hydrogens (tertiary/aromatic N) is 5. The third-order valence-corrected chi connectivity index (χ3v) is 5.34. The van der Waals surface area contributed by atoms with E-state index in [9.17, 15) is 4.79 Å². The summed E-state index contributed by atoms with van der Waals surface area (Å²) in [5, 5.41) is 15.4. The van der Waals surface area contributed by atoms with Crippen molar-refractivity contribution in [2.45, 2.75) is 45.1 Å². The Hall–Kier alpha value is -2.90. The van der Waals surface area contributed by atoms with Gasteiger partial charge in [0.1, 0.15) is 11.6 Å². The van der Waals surface area contributed by atoms with E-state index in [1.165, 1.54) is 19.3 Å². The van der Waals surface area contributed by atoms with Crippen LogP contribution in [0.1, 0.15) is 46.8 Å². The van der Waals surface area contributed by atoms with E-state index in [1.54, 1.807) is 26.0 Å². The molecule has 1 amide bonds. The summed E-state index contributed by atoms with van der Waals surface area (Å²) >= 11 is 0. The smallest absolute Gasteiger partial charge is 0.253 e. The van der Waals surface area contributed by atoms with Crippen molar-refractivity contribution in [2.75, 3.05) is 34.2 Å². The first-order chi connectivity index (χ1) is 14.6. The van der Waals surface area contributed by atoms with E-state index in [4.69, 9.17) is 0 Å². The van der Waals surface area contributed by atoms with Crippen LogP contribution in [0.2, 0.25) is 0 Å². The van der Waals surface area contributed by atoms with E-state index >= 15 is 0 Å². The first-order valence-electron chi connectivity index (χ1n) is 10.7. The quantitative estimate of drug-likeness (QED) is 0.534. The predicted molar refractivity (Wildman–Crippen MR) is 119 cm³/mol. The van der Waals surface area contributed by atoms with E-state index in [1.807, 2.05) is 24.3 Å². The molecule has 1 aromatic carbocycles. The summed E-state index contributed by atoms with van der Waals surface area (Å²) in [5.74, 6) is 2.97. The standard InChI is InChI=1S/C22H33N7O/c1-23-22(24-13-11-17-8-7-9-18(16-17)21(30)28(2)3)25-14-12-20-27-26-19-10-5-4-6-15-29(19)20/h7-9,16H,4-6,10-15H2,1-3H3,(H2,23,24,25). The molecule has 0 fully saturated rings. The Morgan fingerprint density at radius 3 is 2.70 bits per heavy atom. The van der Waals surface area contributed by atoms with Crippen molar-refractivity contribution >= 4 is 11.9 Å². The summed E-state index contributed by atoms with van der Waals surface area (Å²) in [6.07, 6.45) is 6.35. The number of aryl methyl sites for hydroxylation is 1. The molecule has 0 atom stereocenters. The maximum Gasteiger partial charge on any atom is 0.253 e. The minimum atomic E-state index is 0.0219. The molecule has 1 aromatic heterocycles. The summed E-state index contributed by atoms with van der Waals surface area (Å²) in [6.45, 7) is 2.52. The topological polar surface area (TPSA) is 87.4 Å². The number of nitrogens with one attached hydrogen (secondary N) is 2. The summed E-state index contributed by atoms with van der Waals surface area (Å²) < 4.78 is 2.28. The number of amides is 1. The molecule has 30 heavy (non-hydrogen) atoms. The van der Waals surface area contributed by atoms with E-state index in [2.05, 4.69) is 30.4 Å². The number of fused-ring (bicyclic) bond motifs is 1. The van der Waals surface area contributed by atoms with Crippen LogP contribution in [0.3, 0.4) is 0 Å². The molecule has 1 aliphatic rings. The van der Waals surface area contributed by atoms with Crippen molar-refractivity contribution in [3.8, 4) is 0 Å². The lowest BCUT2D eigenvalue weighted by Gasteiger charge is -2.13. The fourth-order valence-corrected chi connectivity index (χ4v) is 3.69. The number of aromatic nitrogens is 3. The third-order valence-electron chi connectivity index (χ3n) is 5.34. The van der Waals surface area contributed by atoms with Crippen molar-refractivity contribution < 1.29 is 4.79 Å². The fourth-order valence-electron chi connectivity index (χ4n) is 3.69. The molecule has 0 aliphatic carbocycles. The average molecular weight is 412 g/mol. The second-order valence-electron chi connectivity index (χ2n) is 7.82. The van der Waals surface area contributed by atoms with E-state index in [-0.39, 0.29) is 5.91 Å². The number of aliphatic imine (C=N–C) groups is 1. The van der Waals surface area contributed by atoms with E-state index < -0.39 is 0 Å². The molecule has 162 valence electrons. The molecule has 0 radical (unpaired) electrons. The monoisotopic (exact) mass is 411 g/mol. The zero-order valence-electron chi connectivity index (χ0n) is 18.3. The maximum atomic E-state index is 12.1. The molecular weight excluding hydrogens is 378 g/mol. The molecule has 0 saturated heterocycles. The summed E-state index contributed by atoms with van der Waals surface area (Å²) in [5.41, 5.74) is 1.84. The van der Waals surface area contributed by atoms with Gasteiger partial charge in [-0.25, -0.2) is 0 Å². The number of rotatable bonds is 7. The van der Waals surface area contributed by atoms with Crippen LogP contribution in [0.4, 0.5) is 0 Å². The summed E-state index contributed by atoms with van der Waals surface area (Å²) in [6, 6.07) is 7.78. The molecule has 3 rings (SSSR count). The SMILES string of the molecule is CN=C(NCCc1cccc(C(=O)N(C)C)c1)NCCc1nnc2n1CCCCC2. The van der Waals surface area contributed by atoms with Crippen LogP contribution in [-0.4, -0.2) is 65.8 Å². The van der Waals surface area contributed by atoms with Gasteiger partial charge in [0.2, 0.25) is 0 Å². The Balaban J connectivity index is 1.44. The molecule has 2 aromatic rings. The van der Waals surface area contributed by atoms with Crippen molar-refractivity contribution in [3.05, 3.63) is 47.0 Å². The molecule has 8 nitrogen and oxygen atoms in total. The Labute approximate surface area is 178 Å². The lowest BCUT2D eigenvalue weighted by atomic mass is 10.1. The average Bonchev–Trinajstić information content (AvgIpc) is 2.98. The number of benzene rings is 1. The van der Waals surface area contributed by atoms with E-state index in [0.29, 0.717) is 5.56 Å². The van der Waals surface area contributed by atoms with Crippen LogP contribution in [0.25, 0.3) is 0 Å². The molecule has 8 heteroatoms. The number of carbonyl (C=O) groups excluding carboxylic acids is 1. The molecule has 0 unspecified atom stereocenters. The van der Waals surface area contributed by atoms with Crippen LogP contribution in [-0.2, 0) is 25.8 Å². The molecular formula is C22H33N7O. The highest BCUT2D eigenvalue weighted by molar-refractivity contribution is 5.94. The Morgan fingerprint density at radius 2 is 1.93 bits per heavy atom. The highest BCUT2D eigenvalue weighted by Gasteiger charge is 2.14. The molecule has 0 saturated carbocycles. The van der Waals surface area contributed by atoms with Crippen LogP contribution < -0.4 is 10.6 Å². The van der Waals surface area contributed by atoms with Gasteiger partial charge in [-0.05, 0) is 37.0 Å². The zero-order valence-corrected chi connectivity index (χ0v) is 18.3. The van der Waals surface area contributed by atoms with Gasteiger partial charge in [0.25, 0.3) is 5.91 Å². The van der Waals surface area contributed by atoms with Gasteiger partial charge in [-0.1, -0.05) is 18.6 Å². The minimum Gasteiger partial charge on any atom is -0.356 e. The Bertz CT molecular complexity index is 872. The molecule has 0 spiro atoms. The molecule has 1 aliphatic heterocycles. The molecule has 2 heterocycles. The summed E-state index contributed by atoms with van der Waals surface area (Å²) in [4.78, 5) is 18.0. The number of hydrogen-bond acceptors (Lipinski definition) is 4. The van der Waals surface area contributed by atoms with Crippen LogP contribution in [0, 0.1) is 0 Å². The molecule has 2 N–H and O–H groups in total. The van der Waals surface area contributed by atoms with Crippen LogP contribution in [0.15, 0.2) is 29.3 Å². The summed E-state index contributed by atoms with van der Waals surface area (Å²) in [7, 11) is 5.31. The van der Waals surface area contributed by atoms with Crippen molar-refractivity contribution in [3.63, 3.8) is 0 Å². The van der Waals surface area contributed by atoms with Crippen LogP contribution in [0.5, 0.6) is 0 Å². The van der Waals surface area contributed by atoms with Gasteiger partial charge in [0.15, 0.2) is 5.96 Å². The minimum absolute atomic E-state index is 0.0219. The Kier molecular flexibility index (Phi) is 7.82. The normalized spacial score (nSPS) is 14.0. The van der Waals surface area contributed by atoms with Crippen molar-refractivity contribution in [1.82, 2.24) is 30.3 Å². The third kappa shape index (κ3) is 5.81. The van der Waals surface area contributed by atoms with Gasteiger partial charge < -0.3 is 20.1 Å². The lowest BCUT2D eigenvalue weighted by molar-refractivity contribution is 0.0827. The number of guanidine groups is 1. The first-order valence-corrected chi connectivity index (χ1v) is 10.7. The van der Waals surface area contributed by atoms with E-state index in [0.717, 1.165) is 62.1 Å². The number of hydrogen-bond donors (Lipinski definition) is 2. The maximum absolute atomic E-state index is 12.1. The highest BCUT2D eigenvalue weighted by atomic mass is 16.2. The van der Waals surface area contributed by atoms with Gasteiger partial charge >= 0.3 is 0 Å². The van der Waals surface area contributed by atoms with Gasteiger partial charge in [-0.3, -0.25) is 9.79 Å². The fraction of sp³-hybridized carbons (Fsp3) is 0.545. The van der Waals surface area contributed by atoms with Crippen molar-refractivity contribution in [1.29, 1.82) is 0 Å². The first kappa shape index (κ1) is 21.8. The second kappa shape index (κ2) is 10.8. The van der Waals surface area contributed by atoms with Gasteiger partial charge in [-0.15, -0.1) is 10.2 Å². The van der Waals surface area contributed by atoms with Crippen molar-refractivity contribution in [2.24, 2.45) is 4.99 Å². The zero-order chi connectivity index (χ0) is 21.3. The van der Waals surface area contributed by atoms with Gasteiger partial charge in [0.05, 0.1) is 0 Å². The Morgan fingerprint density at radius 1 is 1.13 bits per heavy atom. The van der Waals surface area contributed by atoms with Gasteiger partial charge in [0, 0.05) is 59.2 Å². The van der Waals surface area contributed by atoms with Crippen LogP contribution >= 0.6 is 0 Å². The highest BCUT2D eigenvalue weighted by Crippen LogP contribution is 2.14.